The number of rotatable bonds is 6. The molecule has 33 heavy (non-hydrogen) atoms. The maximum atomic E-state index is 12.9. The molecule has 166 valence electrons. The van der Waals surface area contributed by atoms with Crippen molar-refractivity contribution >= 4 is 23.6 Å². The van der Waals surface area contributed by atoms with E-state index in [9.17, 15) is 14.7 Å². The topological polar surface area (TPSA) is 109 Å². The minimum absolute atomic E-state index is 0.00461. The summed E-state index contributed by atoms with van der Waals surface area (Å²) >= 11 is 0. The van der Waals surface area contributed by atoms with Crippen molar-refractivity contribution in [1.29, 1.82) is 0 Å². The minimum atomic E-state index is -0.602. The van der Waals surface area contributed by atoms with Gasteiger partial charge in [0.1, 0.15) is 11.4 Å². The van der Waals surface area contributed by atoms with Gasteiger partial charge in [0.2, 0.25) is 6.79 Å². The van der Waals surface area contributed by atoms with Crippen LogP contribution < -0.4 is 20.2 Å². The number of hydrogen-bond donors (Lipinski definition) is 3. The average Bonchev–Trinajstić information content (AvgIpc) is 3.31. The molecule has 3 aromatic carbocycles. The smallest absolute Gasteiger partial charge is 0.287 e. The number of amides is 2. The van der Waals surface area contributed by atoms with Crippen molar-refractivity contribution in [3.05, 3.63) is 95.2 Å². The van der Waals surface area contributed by atoms with Crippen LogP contribution in [0.4, 0.5) is 0 Å². The van der Waals surface area contributed by atoms with E-state index in [1.54, 1.807) is 67.6 Å². The number of aromatic hydroxyl groups is 1. The fourth-order valence-electron chi connectivity index (χ4n) is 3.07. The summed E-state index contributed by atoms with van der Waals surface area (Å²) in [5.41, 5.74) is 4.77. The number of fused-ring (bicyclic) bond motifs is 1. The van der Waals surface area contributed by atoms with E-state index in [-0.39, 0.29) is 18.2 Å². The van der Waals surface area contributed by atoms with Gasteiger partial charge in [-0.05, 0) is 72.7 Å². The number of ether oxygens (including phenoxy) is 2. The summed E-state index contributed by atoms with van der Waals surface area (Å²) in [6, 6.07) is 20.2. The van der Waals surface area contributed by atoms with E-state index in [1.165, 1.54) is 18.2 Å². The van der Waals surface area contributed by atoms with Crippen LogP contribution in [0.25, 0.3) is 6.08 Å². The third kappa shape index (κ3) is 5.37. The molecule has 3 aromatic rings. The lowest BCUT2D eigenvalue weighted by Crippen LogP contribution is -2.33. The van der Waals surface area contributed by atoms with Crippen LogP contribution in [0.1, 0.15) is 28.4 Å². The highest BCUT2D eigenvalue weighted by Gasteiger charge is 2.17. The number of benzene rings is 3. The summed E-state index contributed by atoms with van der Waals surface area (Å²) in [6.45, 7) is 1.85. The van der Waals surface area contributed by atoms with Crippen LogP contribution in [-0.4, -0.2) is 29.4 Å². The Kier molecular flexibility index (Phi) is 6.36. The molecule has 0 spiro atoms. The van der Waals surface area contributed by atoms with Crippen molar-refractivity contribution in [3.8, 4) is 17.2 Å². The first kappa shape index (κ1) is 21.6. The number of phenolic OH excluding ortho intramolecular Hbond substituents is 1. The third-order valence-corrected chi connectivity index (χ3v) is 4.85. The van der Waals surface area contributed by atoms with Crippen LogP contribution in [0.5, 0.6) is 17.2 Å². The monoisotopic (exact) mass is 443 g/mol. The first-order chi connectivity index (χ1) is 16.0. The largest absolute Gasteiger partial charge is 0.508 e. The van der Waals surface area contributed by atoms with Gasteiger partial charge in [0.05, 0.1) is 5.71 Å². The fourth-order valence-corrected chi connectivity index (χ4v) is 3.07. The summed E-state index contributed by atoms with van der Waals surface area (Å²) in [4.78, 5) is 25.6. The SMILES string of the molecule is C/C(=N\NC(=O)/C(=C/c1ccc2c(c1)OCO2)NC(=O)c1ccccc1)c1ccc(O)cc1. The number of nitrogens with one attached hydrogen (secondary N) is 2. The Bertz CT molecular complexity index is 1230. The van der Waals surface area contributed by atoms with Gasteiger partial charge in [0.25, 0.3) is 11.8 Å². The molecule has 8 heteroatoms. The molecule has 0 radical (unpaired) electrons. The molecular formula is C25H21N3O5. The van der Waals surface area contributed by atoms with E-state index in [2.05, 4.69) is 15.8 Å². The van der Waals surface area contributed by atoms with Crippen LogP contribution in [0.15, 0.2) is 83.6 Å². The summed E-state index contributed by atoms with van der Waals surface area (Å²) < 4.78 is 10.7. The van der Waals surface area contributed by atoms with Gasteiger partial charge < -0.3 is 19.9 Å². The molecule has 0 aromatic heterocycles. The highest BCUT2D eigenvalue weighted by Crippen LogP contribution is 2.33. The van der Waals surface area contributed by atoms with Crippen LogP contribution in [-0.2, 0) is 4.79 Å². The Morgan fingerprint density at radius 3 is 2.42 bits per heavy atom. The molecule has 1 aliphatic heterocycles. The summed E-state index contributed by atoms with van der Waals surface area (Å²) in [6.07, 6.45) is 1.53. The summed E-state index contributed by atoms with van der Waals surface area (Å²) in [5, 5.41) is 16.2. The molecule has 3 N–H and O–H groups in total. The molecular weight excluding hydrogens is 422 g/mol. The predicted molar refractivity (Wildman–Crippen MR) is 123 cm³/mol. The van der Waals surface area contributed by atoms with Gasteiger partial charge in [-0.1, -0.05) is 24.3 Å². The van der Waals surface area contributed by atoms with E-state index in [1.807, 2.05) is 0 Å². The van der Waals surface area contributed by atoms with Gasteiger partial charge in [-0.15, -0.1) is 0 Å². The molecule has 0 aliphatic carbocycles. The van der Waals surface area contributed by atoms with Crippen molar-refractivity contribution in [2.24, 2.45) is 5.10 Å². The Balaban J connectivity index is 1.58. The Morgan fingerprint density at radius 1 is 0.939 bits per heavy atom. The lowest BCUT2D eigenvalue weighted by Gasteiger charge is -2.10. The minimum Gasteiger partial charge on any atom is -0.508 e. The second-order valence-corrected chi connectivity index (χ2v) is 7.18. The average molecular weight is 443 g/mol. The predicted octanol–water partition coefficient (Wildman–Crippen LogP) is 3.43. The van der Waals surface area contributed by atoms with E-state index in [0.717, 1.165) is 5.56 Å². The van der Waals surface area contributed by atoms with E-state index >= 15 is 0 Å². The Labute approximate surface area is 190 Å². The lowest BCUT2D eigenvalue weighted by molar-refractivity contribution is -0.117. The second kappa shape index (κ2) is 9.69. The number of nitrogens with zero attached hydrogens (tertiary/aromatic N) is 1. The second-order valence-electron chi connectivity index (χ2n) is 7.18. The molecule has 8 nitrogen and oxygen atoms in total. The van der Waals surface area contributed by atoms with Crippen molar-refractivity contribution in [3.63, 3.8) is 0 Å². The molecule has 1 heterocycles. The van der Waals surface area contributed by atoms with Crippen LogP contribution in [0, 0.1) is 0 Å². The molecule has 0 unspecified atom stereocenters. The number of phenols is 1. The van der Waals surface area contributed by atoms with Crippen molar-refractivity contribution in [2.45, 2.75) is 6.92 Å². The standard InChI is InChI=1S/C25H21N3O5/c1-16(18-8-10-20(29)11-9-18)27-28-25(31)21(26-24(30)19-5-3-2-4-6-19)13-17-7-12-22-23(14-17)33-15-32-22/h2-14,29H,15H2,1H3,(H,26,30)(H,28,31)/b21-13-,27-16+. The number of hydrogen-bond acceptors (Lipinski definition) is 6. The maximum absolute atomic E-state index is 12.9. The first-order valence-corrected chi connectivity index (χ1v) is 10.1. The molecule has 4 rings (SSSR count). The van der Waals surface area contributed by atoms with E-state index in [4.69, 9.17) is 9.47 Å². The van der Waals surface area contributed by atoms with E-state index < -0.39 is 11.8 Å². The van der Waals surface area contributed by atoms with Gasteiger partial charge in [-0.2, -0.15) is 5.10 Å². The van der Waals surface area contributed by atoms with E-state index in [0.29, 0.717) is 28.3 Å². The Morgan fingerprint density at radius 2 is 1.67 bits per heavy atom. The summed E-state index contributed by atoms with van der Waals surface area (Å²) in [5.74, 6) is 0.264. The molecule has 0 bridgehead atoms. The first-order valence-electron chi connectivity index (χ1n) is 10.1. The van der Waals surface area contributed by atoms with Gasteiger partial charge in [0, 0.05) is 5.56 Å². The Hall–Kier alpha value is -4.59. The lowest BCUT2D eigenvalue weighted by atomic mass is 10.1. The number of carbonyl (C=O) groups is 2. The van der Waals surface area contributed by atoms with Crippen LogP contribution in [0.2, 0.25) is 0 Å². The zero-order valence-corrected chi connectivity index (χ0v) is 17.7. The van der Waals surface area contributed by atoms with Gasteiger partial charge in [0.15, 0.2) is 11.5 Å². The maximum Gasteiger partial charge on any atom is 0.287 e. The zero-order valence-electron chi connectivity index (χ0n) is 17.7. The van der Waals surface area contributed by atoms with Crippen LogP contribution >= 0.6 is 0 Å². The molecule has 0 saturated heterocycles. The number of carbonyl (C=O) groups excluding carboxylic acids is 2. The molecule has 0 fully saturated rings. The quantitative estimate of drug-likeness (QED) is 0.307. The van der Waals surface area contributed by atoms with Gasteiger partial charge in [-0.25, -0.2) is 5.43 Å². The molecule has 0 atom stereocenters. The molecule has 2 amide bonds. The van der Waals surface area contributed by atoms with Crippen molar-refractivity contribution in [2.75, 3.05) is 6.79 Å². The molecule has 1 aliphatic rings. The van der Waals surface area contributed by atoms with Crippen LogP contribution in [0.3, 0.4) is 0 Å². The summed E-state index contributed by atoms with van der Waals surface area (Å²) in [7, 11) is 0. The highest BCUT2D eigenvalue weighted by atomic mass is 16.7. The third-order valence-electron chi connectivity index (χ3n) is 4.85. The zero-order chi connectivity index (χ0) is 23.2. The van der Waals surface area contributed by atoms with Crippen molar-refractivity contribution in [1.82, 2.24) is 10.7 Å². The van der Waals surface area contributed by atoms with Gasteiger partial charge in [-0.3, -0.25) is 9.59 Å². The number of hydrazone groups is 1. The fraction of sp³-hybridized carbons (Fsp3) is 0.0800. The van der Waals surface area contributed by atoms with Crippen molar-refractivity contribution < 1.29 is 24.2 Å². The molecule has 0 saturated carbocycles. The normalized spacial score (nSPS) is 12.9. The highest BCUT2D eigenvalue weighted by molar-refractivity contribution is 6.06. The van der Waals surface area contributed by atoms with Gasteiger partial charge >= 0.3 is 0 Å².